The molecule has 0 saturated carbocycles. The molecule has 0 fully saturated rings. The van der Waals surface area contributed by atoms with Gasteiger partial charge >= 0.3 is 5.97 Å². The number of carbonyl (C=O) groups is 1. The van der Waals surface area contributed by atoms with Crippen LogP contribution in [0.25, 0.3) is 0 Å². The lowest BCUT2D eigenvalue weighted by Crippen LogP contribution is -2.10. The Kier molecular flexibility index (Phi) is 5.40. The van der Waals surface area contributed by atoms with Crippen molar-refractivity contribution >= 4 is 29.5 Å². The van der Waals surface area contributed by atoms with Gasteiger partial charge in [0.2, 0.25) is 5.88 Å². The predicted molar refractivity (Wildman–Crippen MR) is 84.7 cm³/mol. The molecule has 0 bridgehead atoms. The van der Waals surface area contributed by atoms with E-state index in [0.717, 1.165) is 10.4 Å². The van der Waals surface area contributed by atoms with E-state index in [2.05, 4.69) is 4.98 Å². The Morgan fingerprint density at radius 2 is 2.14 bits per heavy atom. The van der Waals surface area contributed by atoms with Gasteiger partial charge in [-0.3, -0.25) is 0 Å². The average molecular weight is 341 g/mol. The minimum absolute atomic E-state index is 0.0687. The van der Waals surface area contributed by atoms with E-state index in [0.29, 0.717) is 28.5 Å². The third kappa shape index (κ3) is 4.22. The van der Waals surface area contributed by atoms with Gasteiger partial charge in [0.25, 0.3) is 0 Å². The van der Waals surface area contributed by atoms with Crippen LogP contribution in [-0.2, 0) is 11.2 Å². The fourth-order valence-electron chi connectivity index (χ4n) is 1.85. The lowest BCUT2D eigenvalue weighted by Gasteiger charge is -2.12. The highest BCUT2D eigenvalue weighted by Crippen LogP contribution is 2.31. The Morgan fingerprint density at radius 3 is 2.73 bits per heavy atom. The van der Waals surface area contributed by atoms with Gasteiger partial charge in [-0.1, -0.05) is 6.07 Å². The molecule has 6 nitrogen and oxygen atoms in total. The molecule has 0 spiro atoms. The molecule has 0 unspecified atom stereocenters. The highest BCUT2D eigenvalue weighted by Gasteiger charge is 2.11. The zero-order valence-electron chi connectivity index (χ0n) is 11.8. The molecule has 1 aromatic carbocycles. The van der Waals surface area contributed by atoms with Crippen molar-refractivity contribution in [1.82, 2.24) is 4.98 Å². The molecular formula is C14H15NO5S2. The summed E-state index contributed by atoms with van der Waals surface area (Å²) in [4.78, 5) is 14.0. The molecule has 1 aromatic heterocycles. The van der Waals surface area contributed by atoms with E-state index in [1.807, 2.05) is 6.92 Å². The number of ether oxygens (including phenoxy) is 2. The third-order valence-electron chi connectivity index (χ3n) is 2.72. The van der Waals surface area contributed by atoms with E-state index < -0.39 is 12.6 Å². The Balaban J connectivity index is 2.22. The van der Waals surface area contributed by atoms with Crippen LogP contribution in [0.2, 0.25) is 0 Å². The van der Waals surface area contributed by atoms with Crippen molar-refractivity contribution in [1.29, 1.82) is 0 Å². The van der Waals surface area contributed by atoms with Crippen LogP contribution in [0.5, 0.6) is 17.4 Å². The molecule has 0 aliphatic rings. The number of rotatable bonds is 7. The topological polar surface area (TPSA) is 91.8 Å². The van der Waals surface area contributed by atoms with E-state index in [4.69, 9.17) is 26.8 Å². The Bertz CT molecular complexity index is 722. The molecule has 2 rings (SSSR count). The number of aromatic hydroxyl groups is 1. The second-order valence-corrected chi connectivity index (χ2v) is 6.13. The van der Waals surface area contributed by atoms with E-state index >= 15 is 0 Å². The van der Waals surface area contributed by atoms with Crippen LogP contribution in [-0.4, -0.2) is 34.4 Å². The van der Waals surface area contributed by atoms with Gasteiger partial charge in [0.15, 0.2) is 22.1 Å². The summed E-state index contributed by atoms with van der Waals surface area (Å²) in [6, 6.07) is 5.22. The van der Waals surface area contributed by atoms with E-state index in [-0.39, 0.29) is 5.88 Å². The summed E-state index contributed by atoms with van der Waals surface area (Å²) < 4.78 is 11.2. The number of carboxylic acids is 1. The number of carboxylic acid groups (broad SMARTS) is 1. The molecule has 0 saturated heterocycles. The highest BCUT2D eigenvalue weighted by molar-refractivity contribution is 7.73. The third-order valence-corrected chi connectivity index (χ3v) is 3.95. The van der Waals surface area contributed by atoms with Gasteiger partial charge in [0.05, 0.1) is 11.5 Å². The monoisotopic (exact) mass is 341 g/mol. The Hall–Kier alpha value is -2.06. The first-order chi connectivity index (χ1) is 10.5. The SMILES string of the molecule is CCOc1cc(Cc2sc(=S)[nH]c2O)ccc1OCC(=O)O. The number of hydrogen-bond acceptors (Lipinski definition) is 6. The second kappa shape index (κ2) is 7.28. The number of benzene rings is 1. The molecule has 2 aromatic rings. The van der Waals surface area contributed by atoms with Crippen LogP contribution in [0, 0.1) is 3.95 Å². The van der Waals surface area contributed by atoms with Crippen LogP contribution in [0.3, 0.4) is 0 Å². The molecular weight excluding hydrogens is 326 g/mol. The molecule has 0 radical (unpaired) electrons. The van der Waals surface area contributed by atoms with Crippen molar-refractivity contribution in [3.63, 3.8) is 0 Å². The first-order valence-corrected chi connectivity index (χ1v) is 7.73. The Labute approximate surface area is 136 Å². The minimum Gasteiger partial charge on any atom is -0.494 e. The molecule has 22 heavy (non-hydrogen) atoms. The highest BCUT2D eigenvalue weighted by atomic mass is 32.1. The van der Waals surface area contributed by atoms with Crippen molar-refractivity contribution in [2.45, 2.75) is 13.3 Å². The van der Waals surface area contributed by atoms with Crippen molar-refractivity contribution in [2.75, 3.05) is 13.2 Å². The van der Waals surface area contributed by atoms with Crippen LogP contribution in [0.15, 0.2) is 18.2 Å². The molecule has 1 heterocycles. The predicted octanol–water partition coefficient (Wildman–Crippen LogP) is 2.96. The number of thiazole rings is 1. The lowest BCUT2D eigenvalue weighted by atomic mass is 10.1. The summed E-state index contributed by atoms with van der Waals surface area (Å²) in [7, 11) is 0. The number of hydrogen-bond donors (Lipinski definition) is 3. The first-order valence-electron chi connectivity index (χ1n) is 6.51. The zero-order chi connectivity index (χ0) is 16.1. The second-order valence-electron chi connectivity index (χ2n) is 4.36. The fourth-order valence-corrected chi connectivity index (χ4v) is 3.00. The van der Waals surface area contributed by atoms with Gasteiger partial charge in [-0.15, -0.1) is 11.3 Å². The van der Waals surface area contributed by atoms with Crippen molar-refractivity contribution in [2.24, 2.45) is 0 Å². The standard InChI is InChI=1S/C14H15NO5S2/c1-2-19-10-5-8(3-4-9(10)20-7-12(16)17)6-11-13(18)15-14(21)22-11/h3-5,18H,2,6-7H2,1H3,(H,15,21)(H,16,17). The van der Waals surface area contributed by atoms with Gasteiger partial charge < -0.3 is 24.7 Å². The van der Waals surface area contributed by atoms with Crippen LogP contribution in [0.1, 0.15) is 17.4 Å². The number of H-pyrrole nitrogens is 1. The van der Waals surface area contributed by atoms with Gasteiger partial charge in [0, 0.05) is 6.42 Å². The molecule has 0 atom stereocenters. The molecule has 118 valence electrons. The molecule has 8 heteroatoms. The molecule has 0 amide bonds. The molecule has 0 aliphatic carbocycles. The average Bonchev–Trinajstić information content (AvgIpc) is 2.76. The lowest BCUT2D eigenvalue weighted by molar-refractivity contribution is -0.139. The van der Waals surface area contributed by atoms with Crippen LogP contribution >= 0.6 is 23.6 Å². The van der Waals surface area contributed by atoms with Crippen LogP contribution in [0.4, 0.5) is 0 Å². The molecule has 3 N–H and O–H groups in total. The summed E-state index contributed by atoms with van der Waals surface area (Å²) in [5, 5.41) is 18.4. The number of aromatic nitrogens is 1. The Morgan fingerprint density at radius 1 is 1.36 bits per heavy atom. The zero-order valence-corrected chi connectivity index (χ0v) is 13.4. The summed E-state index contributed by atoms with van der Waals surface area (Å²) >= 11 is 6.29. The van der Waals surface area contributed by atoms with E-state index in [1.54, 1.807) is 18.2 Å². The minimum atomic E-state index is -1.05. The van der Waals surface area contributed by atoms with Crippen molar-refractivity contribution < 1.29 is 24.5 Å². The largest absolute Gasteiger partial charge is 0.494 e. The summed E-state index contributed by atoms with van der Waals surface area (Å²) in [6.07, 6.45) is 0.489. The van der Waals surface area contributed by atoms with Gasteiger partial charge in [0.1, 0.15) is 0 Å². The van der Waals surface area contributed by atoms with Gasteiger partial charge in [-0.25, -0.2) is 4.79 Å². The van der Waals surface area contributed by atoms with E-state index in [1.165, 1.54) is 11.3 Å². The number of aromatic amines is 1. The quantitative estimate of drug-likeness (QED) is 0.671. The van der Waals surface area contributed by atoms with Crippen molar-refractivity contribution in [3.8, 4) is 17.4 Å². The number of nitrogens with one attached hydrogen (secondary N) is 1. The maximum atomic E-state index is 10.6. The first kappa shape index (κ1) is 16.3. The molecule has 0 aliphatic heterocycles. The van der Waals surface area contributed by atoms with E-state index in [9.17, 15) is 9.90 Å². The maximum Gasteiger partial charge on any atom is 0.341 e. The summed E-state index contributed by atoms with van der Waals surface area (Å²) in [6.45, 7) is 1.83. The summed E-state index contributed by atoms with van der Waals surface area (Å²) in [5.74, 6) is -0.137. The maximum absolute atomic E-state index is 10.6. The van der Waals surface area contributed by atoms with Crippen molar-refractivity contribution in [3.05, 3.63) is 32.6 Å². The smallest absolute Gasteiger partial charge is 0.341 e. The van der Waals surface area contributed by atoms with Gasteiger partial charge in [-0.05, 0) is 36.8 Å². The number of aliphatic carboxylic acids is 1. The van der Waals surface area contributed by atoms with Gasteiger partial charge in [-0.2, -0.15) is 0 Å². The normalized spacial score (nSPS) is 10.4. The summed E-state index contributed by atoms with van der Waals surface area (Å²) in [5.41, 5.74) is 0.895. The fraction of sp³-hybridized carbons (Fsp3) is 0.286. The van der Waals surface area contributed by atoms with Crippen LogP contribution < -0.4 is 9.47 Å².